The fraction of sp³-hybridized carbons (Fsp3) is 0.462. The summed E-state index contributed by atoms with van der Waals surface area (Å²) >= 11 is 0. The van der Waals surface area contributed by atoms with Gasteiger partial charge in [-0.3, -0.25) is 14.8 Å². The van der Waals surface area contributed by atoms with Crippen molar-refractivity contribution in [3.63, 3.8) is 0 Å². The minimum Gasteiger partial charge on any atom is -0.360 e. The molecule has 0 aromatic carbocycles. The largest absolute Gasteiger partial charge is 0.360 e. The van der Waals surface area contributed by atoms with Crippen molar-refractivity contribution < 1.29 is 0 Å². The second-order valence-corrected chi connectivity index (χ2v) is 9.53. The molecule has 1 N–H and O–H groups in total. The molecule has 9 nitrogen and oxygen atoms in total. The first-order chi connectivity index (χ1) is 17.1. The van der Waals surface area contributed by atoms with Gasteiger partial charge in [0, 0.05) is 89.2 Å². The van der Waals surface area contributed by atoms with E-state index in [1.165, 1.54) is 0 Å². The zero-order valence-corrected chi connectivity index (χ0v) is 20.8. The van der Waals surface area contributed by atoms with Crippen LogP contribution in [0, 0.1) is 0 Å². The lowest BCUT2D eigenvalue weighted by Gasteiger charge is -2.35. The van der Waals surface area contributed by atoms with Crippen LogP contribution in [-0.4, -0.2) is 101 Å². The molecule has 5 aliphatic heterocycles. The zero-order valence-electron chi connectivity index (χ0n) is 20.8. The van der Waals surface area contributed by atoms with Crippen molar-refractivity contribution in [2.45, 2.75) is 13.0 Å². The number of aromatic nitrogens is 4. The average molecular weight is 474 g/mol. The molecule has 3 aromatic rings. The summed E-state index contributed by atoms with van der Waals surface area (Å²) in [6.07, 6.45) is 6.64. The van der Waals surface area contributed by atoms with Crippen LogP contribution < -0.4 is 10.2 Å². The number of nitrogens with zero attached hydrogens (tertiary/aromatic N) is 8. The summed E-state index contributed by atoms with van der Waals surface area (Å²) in [7, 11) is 4.34. The molecule has 5 aliphatic rings. The summed E-state index contributed by atoms with van der Waals surface area (Å²) in [5, 5.41) is 3.35. The second kappa shape index (κ2) is 11.1. The highest BCUT2D eigenvalue weighted by Crippen LogP contribution is 2.21. The fourth-order valence-electron chi connectivity index (χ4n) is 4.63. The van der Waals surface area contributed by atoms with E-state index in [9.17, 15) is 0 Å². The van der Waals surface area contributed by atoms with Gasteiger partial charge in [0.2, 0.25) is 5.95 Å². The molecule has 0 unspecified atom stereocenters. The normalized spacial score (nSPS) is 22.1. The maximum atomic E-state index is 4.72. The minimum atomic E-state index is 0.567. The Morgan fingerprint density at radius 3 is 2.40 bits per heavy atom. The molecule has 0 radical (unpaired) electrons. The standard InChI is InChI=1S/C26H35N9/c1-32-10-3-11-33(2)25-5-4-21(19-29-25)24-7-9-28-26(31-24)30-22-6-8-27-23(18-22)20-35-16-14-34(13-12-32)15-17-35/h4-9,18-19H,3,10-17,20H2,1-2H3,(H,28,30,31). The number of hydrogen-bond donors (Lipinski definition) is 1. The van der Waals surface area contributed by atoms with Crippen LogP contribution >= 0.6 is 0 Å². The van der Waals surface area contributed by atoms with Gasteiger partial charge in [-0.25, -0.2) is 15.0 Å². The average Bonchev–Trinajstić information content (AvgIpc) is 2.88. The summed E-state index contributed by atoms with van der Waals surface area (Å²) < 4.78 is 0. The van der Waals surface area contributed by atoms with Crippen LogP contribution in [0.4, 0.5) is 17.5 Å². The molecule has 1 fully saturated rings. The highest BCUT2D eigenvalue weighted by molar-refractivity contribution is 5.62. The van der Waals surface area contributed by atoms with Gasteiger partial charge in [0.1, 0.15) is 5.82 Å². The Morgan fingerprint density at radius 2 is 1.57 bits per heavy atom. The van der Waals surface area contributed by atoms with E-state index in [-0.39, 0.29) is 0 Å². The molecule has 8 rings (SSSR count). The van der Waals surface area contributed by atoms with Crippen molar-refractivity contribution in [3.8, 4) is 11.3 Å². The smallest absolute Gasteiger partial charge is 0.227 e. The molecule has 0 aliphatic carbocycles. The van der Waals surface area contributed by atoms with Gasteiger partial charge in [-0.1, -0.05) is 0 Å². The van der Waals surface area contributed by atoms with Crippen LogP contribution in [0.25, 0.3) is 11.3 Å². The highest BCUT2D eigenvalue weighted by Gasteiger charge is 2.18. The molecule has 3 aromatic heterocycles. The summed E-state index contributed by atoms with van der Waals surface area (Å²) in [5.74, 6) is 1.54. The summed E-state index contributed by atoms with van der Waals surface area (Å²) in [4.78, 5) is 28.2. The minimum absolute atomic E-state index is 0.567. The van der Waals surface area contributed by atoms with Crippen LogP contribution in [0.3, 0.4) is 0 Å². The lowest BCUT2D eigenvalue weighted by molar-refractivity contribution is 0.117. The number of hydrogen-bond acceptors (Lipinski definition) is 9. The van der Waals surface area contributed by atoms with Gasteiger partial charge in [0.05, 0.1) is 11.4 Å². The van der Waals surface area contributed by atoms with E-state index in [2.05, 4.69) is 67.2 Å². The summed E-state index contributed by atoms with van der Waals surface area (Å²) in [6.45, 7) is 9.50. The number of likely N-dealkylation sites (N-methyl/N-ethyl adjacent to an activating group) is 1. The van der Waals surface area contributed by atoms with Crippen LogP contribution in [-0.2, 0) is 6.54 Å². The van der Waals surface area contributed by atoms with Gasteiger partial charge >= 0.3 is 0 Å². The molecule has 0 atom stereocenters. The van der Waals surface area contributed by atoms with E-state index in [4.69, 9.17) is 9.97 Å². The monoisotopic (exact) mass is 473 g/mol. The van der Waals surface area contributed by atoms with E-state index < -0.39 is 0 Å². The van der Waals surface area contributed by atoms with E-state index in [0.29, 0.717) is 5.95 Å². The Bertz CT molecular complexity index is 1100. The number of pyridine rings is 2. The first kappa shape index (κ1) is 23.6. The Morgan fingerprint density at radius 1 is 0.771 bits per heavy atom. The Labute approximate surface area is 207 Å². The van der Waals surface area contributed by atoms with E-state index in [1.54, 1.807) is 6.20 Å². The Balaban J connectivity index is 1.37. The molecule has 0 amide bonds. The summed E-state index contributed by atoms with van der Waals surface area (Å²) in [6, 6.07) is 10.1. The number of anilines is 3. The topological polar surface area (TPSA) is 76.5 Å². The van der Waals surface area contributed by atoms with Crippen molar-refractivity contribution in [2.75, 3.05) is 76.7 Å². The highest BCUT2D eigenvalue weighted by atomic mass is 15.3. The predicted molar refractivity (Wildman–Crippen MR) is 140 cm³/mol. The molecule has 8 bridgehead atoms. The molecule has 0 spiro atoms. The van der Waals surface area contributed by atoms with Gasteiger partial charge < -0.3 is 15.1 Å². The maximum absolute atomic E-state index is 4.72. The van der Waals surface area contributed by atoms with Crippen molar-refractivity contribution in [2.24, 2.45) is 0 Å². The fourth-order valence-corrected chi connectivity index (χ4v) is 4.63. The van der Waals surface area contributed by atoms with Crippen LogP contribution in [0.5, 0.6) is 0 Å². The third-order valence-electron chi connectivity index (χ3n) is 6.84. The quantitative estimate of drug-likeness (QED) is 0.530. The van der Waals surface area contributed by atoms with Crippen molar-refractivity contribution in [3.05, 3.63) is 54.6 Å². The van der Waals surface area contributed by atoms with Gasteiger partial charge in [0.15, 0.2) is 0 Å². The molecular weight excluding hydrogens is 438 g/mol. The lowest BCUT2D eigenvalue weighted by Crippen LogP contribution is -2.47. The van der Waals surface area contributed by atoms with E-state index in [1.807, 2.05) is 24.5 Å². The first-order valence-electron chi connectivity index (χ1n) is 12.5. The Hall–Kier alpha value is -3.14. The maximum Gasteiger partial charge on any atom is 0.227 e. The lowest BCUT2D eigenvalue weighted by atomic mass is 10.2. The molecule has 1 saturated heterocycles. The zero-order chi connectivity index (χ0) is 24.0. The third kappa shape index (κ3) is 6.30. The van der Waals surface area contributed by atoms with Gasteiger partial charge in [0.25, 0.3) is 0 Å². The number of nitrogens with one attached hydrogen (secondary N) is 1. The van der Waals surface area contributed by atoms with Crippen molar-refractivity contribution >= 4 is 17.5 Å². The second-order valence-electron chi connectivity index (χ2n) is 9.53. The molecule has 184 valence electrons. The van der Waals surface area contributed by atoms with Gasteiger partial charge in [-0.15, -0.1) is 0 Å². The van der Waals surface area contributed by atoms with Crippen molar-refractivity contribution in [1.29, 1.82) is 0 Å². The van der Waals surface area contributed by atoms with E-state index >= 15 is 0 Å². The van der Waals surface area contributed by atoms with Gasteiger partial charge in [-0.2, -0.15) is 0 Å². The van der Waals surface area contributed by atoms with E-state index in [0.717, 1.165) is 93.8 Å². The molecular formula is C26H35N9. The number of rotatable bonds is 0. The molecule has 9 heteroatoms. The van der Waals surface area contributed by atoms with Crippen LogP contribution in [0.1, 0.15) is 12.1 Å². The summed E-state index contributed by atoms with van der Waals surface area (Å²) in [5.41, 5.74) is 3.82. The van der Waals surface area contributed by atoms with Gasteiger partial charge in [-0.05, 0) is 50.3 Å². The predicted octanol–water partition coefficient (Wildman–Crippen LogP) is 2.57. The molecule has 8 heterocycles. The molecule has 0 saturated carbocycles. The SMILES string of the molecule is CN1CCCN(C)c2ccc(cn2)-c2ccnc(n2)Nc2ccnc(c2)CN2CCN(CC1)CC2. The number of piperazine rings is 1. The first-order valence-corrected chi connectivity index (χ1v) is 12.5. The van der Waals surface area contributed by atoms with Crippen LogP contribution in [0.15, 0.2) is 48.9 Å². The third-order valence-corrected chi connectivity index (χ3v) is 6.84. The Kier molecular flexibility index (Phi) is 7.46. The van der Waals surface area contributed by atoms with Crippen LogP contribution in [0.2, 0.25) is 0 Å². The van der Waals surface area contributed by atoms with Crippen molar-refractivity contribution in [1.82, 2.24) is 34.6 Å². The molecule has 35 heavy (non-hydrogen) atoms.